The zero-order valence-corrected chi connectivity index (χ0v) is 9.94. The van der Waals surface area contributed by atoms with Gasteiger partial charge in [-0.25, -0.2) is 0 Å². The third-order valence-corrected chi connectivity index (χ3v) is 3.29. The van der Waals surface area contributed by atoms with Crippen LogP contribution in [0.1, 0.15) is 16.5 Å². The fraction of sp³-hybridized carbons (Fsp3) is 0.364. The summed E-state index contributed by atoms with van der Waals surface area (Å²) in [7, 11) is 1.87. The second-order valence-electron chi connectivity index (χ2n) is 3.64. The van der Waals surface area contributed by atoms with Gasteiger partial charge in [-0.3, -0.25) is 4.68 Å². The van der Waals surface area contributed by atoms with Crippen molar-refractivity contribution in [3.63, 3.8) is 0 Å². The molecule has 0 aliphatic rings. The molecule has 0 aliphatic carbocycles. The molecule has 0 radical (unpaired) electrons. The monoisotopic (exact) mass is 237 g/mol. The first-order valence-corrected chi connectivity index (χ1v) is 6.02. The Bertz CT molecular complexity index is 424. The highest BCUT2D eigenvalue weighted by Crippen LogP contribution is 2.14. The van der Waals surface area contributed by atoms with Crippen LogP contribution in [0.15, 0.2) is 29.9 Å². The molecular formula is C11H15N3OS. The molecule has 2 aromatic rings. The first kappa shape index (κ1) is 11.3. The molecule has 0 spiro atoms. The third kappa shape index (κ3) is 2.69. The third-order valence-electron chi connectivity index (χ3n) is 2.41. The quantitative estimate of drug-likeness (QED) is 0.824. The summed E-state index contributed by atoms with van der Waals surface area (Å²) in [5.74, 6) is 0. The molecule has 86 valence electrons. The molecule has 2 heterocycles. The molecule has 0 aliphatic heterocycles. The number of nitrogens with zero attached hydrogens (tertiary/aromatic N) is 2. The van der Waals surface area contributed by atoms with Crippen LogP contribution in [0.3, 0.4) is 0 Å². The molecule has 2 rings (SSSR count). The molecule has 16 heavy (non-hydrogen) atoms. The Kier molecular flexibility index (Phi) is 3.71. The van der Waals surface area contributed by atoms with Gasteiger partial charge in [0.05, 0.1) is 18.8 Å². The predicted octanol–water partition coefficient (Wildman–Crippen LogP) is 1.30. The Morgan fingerprint density at radius 1 is 1.62 bits per heavy atom. The molecule has 2 N–H and O–H groups in total. The molecule has 0 aromatic carbocycles. The van der Waals surface area contributed by atoms with Crippen LogP contribution in [-0.4, -0.2) is 21.5 Å². The number of thiophene rings is 1. The lowest BCUT2D eigenvalue weighted by molar-refractivity contribution is 0.244. The Labute approximate surface area is 98.5 Å². The van der Waals surface area contributed by atoms with E-state index in [-0.39, 0.29) is 12.6 Å². The summed E-state index contributed by atoms with van der Waals surface area (Å²) in [6.07, 6.45) is 3.70. The maximum absolute atomic E-state index is 9.32. The number of aromatic nitrogens is 2. The summed E-state index contributed by atoms with van der Waals surface area (Å²) in [5.41, 5.74) is 1.02. The van der Waals surface area contributed by atoms with Crippen LogP contribution in [0.25, 0.3) is 0 Å². The lowest BCUT2D eigenvalue weighted by Crippen LogP contribution is -2.23. The van der Waals surface area contributed by atoms with E-state index in [0.29, 0.717) is 0 Å². The maximum Gasteiger partial charge on any atom is 0.0627 e. The van der Waals surface area contributed by atoms with Gasteiger partial charge in [-0.15, -0.1) is 11.3 Å². The van der Waals surface area contributed by atoms with Crippen molar-refractivity contribution in [1.29, 1.82) is 0 Å². The van der Waals surface area contributed by atoms with Crippen LogP contribution in [0.2, 0.25) is 0 Å². The largest absolute Gasteiger partial charge is 0.394 e. The standard InChI is InChI=1S/C11H15N3OS/c1-14-7-9(5-13-14)11(8-15)12-6-10-3-2-4-16-10/h2-5,7,11-12,15H,6,8H2,1H3. The zero-order valence-electron chi connectivity index (χ0n) is 9.13. The molecular weight excluding hydrogens is 222 g/mol. The van der Waals surface area contributed by atoms with Gasteiger partial charge in [-0.2, -0.15) is 5.10 Å². The number of aliphatic hydroxyl groups excluding tert-OH is 1. The van der Waals surface area contributed by atoms with Crippen molar-refractivity contribution in [2.45, 2.75) is 12.6 Å². The van der Waals surface area contributed by atoms with E-state index in [2.05, 4.69) is 21.9 Å². The van der Waals surface area contributed by atoms with Crippen molar-refractivity contribution >= 4 is 11.3 Å². The Morgan fingerprint density at radius 2 is 2.50 bits per heavy atom. The number of aryl methyl sites for hydroxylation is 1. The number of aliphatic hydroxyl groups is 1. The number of rotatable bonds is 5. The van der Waals surface area contributed by atoms with Crippen molar-refractivity contribution in [2.75, 3.05) is 6.61 Å². The first-order chi connectivity index (χ1) is 7.79. The fourth-order valence-electron chi connectivity index (χ4n) is 1.54. The van der Waals surface area contributed by atoms with Crippen LogP contribution < -0.4 is 5.32 Å². The summed E-state index contributed by atoms with van der Waals surface area (Å²) >= 11 is 1.71. The summed E-state index contributed by atoms with van der Waals surface area (Å²) in [6, 6.07) is 4.06. The lowest BCUT2D eigenvalue weighted by atomic mass is 10.2. The fourth-order valence-corrected chi connectivity index (χ4v) is 2.20. The van der Waals surface area contributed by atoms with Crippen LogP contribution in [0.4, 0.5) is 0 Å². The van der Waals surface area contributed by atoms with Crippen molar-refractivity contribution in [2.24, 2.45) is 7.05 Å². The molecule has 0 bridgehead atoms. The molecule has 1 unspecified atom stereocenters. The number of hydrogen-bond acceptors (Lipinski definition) is 4. The maximum atomic E-state index is 9.32. The predicted molar refractivity (Wildman–Crippen MR) is 64.2 cm³/mol. The van der Waals surface area contributed by atoms with Gasteiger partial charge in [-0.05, 0) is 11.4 Å². The first-order valence-electron chi connectivity index (χ1n) is 5.15. The Balaban J connectivity index is 1.96. The summed E-state index contributed by atoms with van der Waals surface area (Å²) in [5, 5.41) is 18.8. The van der Waals surface area contributed by atoms with E-state index < -0.39 is 0 Å². The van der Waals surface area contributed by atoms with Gasteiger partial charge < -0.3 is 10.4 Å². The van der Waals surface area contributed by atoms with Crippen molar-refractivity contribution in [3.05, 3.63) is 40.3 Å². The number of hydrogen-bond donors (Lipinski definition) is 2. The number of nitrogens with one attached hydrogen (secondary N) is 1. The van der Waals surface area contributed by atoms with E-state index >= 15 is 0 Å². The molecule has 0 fully saturated rings. The minimum absolute atomic E-state index is 0.0456. The second kappa shape index (κ2) is 5.25. The minimum atomic E-state index is -0.0456. The highest BCUT2D eigenvalue weighted by molar-refractivity contribution is 7.09. The smallest absolute Gasteiger partial charge is 0.0627 e. The van der Waals surface area contributed by atoms with E-state index in [1.165, 1.54) is 4.88 Å². The Hall–Kier alpha value is -1.17. The van der Waals surface area contributed by atoms with E-state index in [9.17, 15) is 5.11 Å². The van der Waals surface area contributed by atoms with E-state index in [4.69, 9.17) is 0 Å². The van der Waals surface area contributed by atoms with Gasteiger partial charge in [0.1, 0.15) is 0 Å². The lowest BCUT2D eigenvalue weighted by Gasteiger charge is -2.13. The molecule has 2 aromatic heterocycles. The van der Waals surface area contributed by atoms with Crippen LogP contribution in [0, 0.1) is 0 Å². The van der Waals surface area contributed by atoms with Crippen molar-refractivity contribution in [3.8, 4) is 0 Å². The molecule has 4 nitrogen and oxygen atoms in total. The SMILES string of the molecule is Cn1cc(C(CO)NCc2cccs2)cn1. The summed E-state index contributed by atoms with van der Waals surface area (Å²) in [6.45, 7) is 0.856. The highest BCUT2D eigenvalue weighted by atomic mass is 32.1. The molecule has 0 saturated carbocycles. The van der Waals surface area contributed by atoms with E-state index in [1.54, 1.807) is 22.2 Å². The highest BCUT2D eigenvalue weighted by Gasteiger charge is 2.11. The second-order valence-corrected chi connectivity index (χ2v) is 4.68. The van der Waals surface area contributed by atoms with Gasteiger partial charge in [-0.1, -0.05) is 6.07 Å². The molecule has 0 saturated heterocycles. The van der Waals surface area contributed by atoms with Crippen LogP contribution in [-0.2, 0) is 13.6 Å². The molecule has 1 atom stereocenters. The molecule has 5 heteroatoms. The van der Waals surface area contributed by atoms with Crippen molar-refractivity contribution in [1.82, 2.24) is 15.1 Å². The van der Waals surface area contributed by atoms with Gasteiger partial charge in [0.25, 0.3) is 0 Å². The average Bonchev–Trinajstić information content (AvgIpc) is 2.91. The van der Waals surface area contributed by atoms with Gasteiger partial charge in [0.2, 0.25) is 0 Å². The normalized spacial score (nSPS) is 12.9. The molecule has 0 amide bonds. The minimum Gasteiger partial charge on any atom is -0.394 e. The van der Waals surface area contributed by atoms with Crippen LogP contribution in [0.5, 0.6) is 0 Å². The summed E-state index contributed by atoms with van der Waals surface area (Å²) < 4.78 is 1.74. The van der Waals surface area contributed by atoms with Crippen molar-refractivity contribution < 1.29 is 5.11 Å². The Morgan fingerprint density at radius 3 is 3.06 bits per heavy atom. The van der Waals surface area contributed by atoms with Gasteiger partial charge in [0.15, 0.2) is 0 Å². The van der Waals surface area contributed by atoms with Gasteiger partial charge >= 0.3 is 0 Å². The summed E-state index contributed by atoms with van der Waals surface area (Å²) in [4.78, 5) is 1.27. The van der Waals surface area contributed by atoms with E-state index in [1.807, 2.05) is 19.3 Å². The topological polar surface area (TPSA) is 50.1 Å². The van der Waals surface area contributed by atoms with E-state index in [0.717, 1.165) is 12.1 Å². The zero-order chi connectivity index (χ0) is 11.4. The van der Waals surface area contributed by atoms with Gasteiger partial charge in [0, 0.05) is 30.2 Å². The van der Waals surface area contributed by atoms with Crippen LogP contribution >= 0.6 is 11.3 Å². The average molecular weight is 237 g/mol.